The van der Waals surface area contributed by atoms with E-state index in [1.165, 1.54) is 18.4 Å². The molecule has 0 aliphatic heterocycles. The number of halogens is 6. The molecule has 1 aliphatic carbocycles. The Bertz CT molecular complexity index is 1570. The number of primary amides is 1. The summed E-state index contributed by atoms with van der Waals surface area (Å²) >= 11 is 0.542. The van der Waals surface area contributed by atoms with Crippen LogP contribution in [-0.2, 0) is 36.5 Å². The second-order valence-corrected chi connectivity index (χ2v) is 9.92. The standard InChI is InChI=1S/C24H19F6N5O3S/c25-23(26,27)15-9-12(14-7-4-8-38-14)17-18(19(21(31)37)39-22(17)32-15)33-16(36)10-35-13-6-3-1-2-5-11(13)20(34-35)24(28,29)30/h4,7-9H,1-3,5-6,10H2,(H2,31,37)(H,33,36). The molecule has 39 heavy (non-hydrogen) atoms. The number of amides is 2. The number of hydrogen-bond acceptors (Lipinski definition) is 6. The quantitative estimate of drug-likeness (QED) is 0.232. The molecule has 5 rings (SSSR count). The first-order valence-corrected chi connectivity index (χ1v) is 12.5. The van der Waals surface area contributed by atoms with Crippen molar-refractivity contribution in [2.24, 2.45) is 5.73 Å². The summed E-state index contributed by atoms with van der Waals surface area (Å²) in [6.45, 7) is -0.627. The van der Waals surface area contributed by atoms with Crippen LogP contribution in [0.15, 0.2) is 28.9 Å². The monoisotopic (exact) mass is 571 g/mol. The van der Waals surface area contributed by atoms with Crippen molar-refractivity contribution in [2.45, 2.75) is 51.0 Å². The highest BCUT2D eigenvalue weighted by Crippen LogP contribution is 2.44. The van der Waals surface area contributed by atoms with E-state index < -0.39 is 42.1 Å². The number of rotatable bonds is 5. The molecule has 0 radical (unpaired) electrons. The van der Waals surface area contributed by atoms with Gasteiger partial charge in [-0.25, -0.2) is 4.98 Å². The van der Waals surface area contributed by atoms with E-state index in [2.05, 4.69) is 15.4 Å². The summed E-state index contributed by atoms with van der Waals surface area (Å²) in [6.07, 6.45) is -5.93. The molecule has 4 heterocycles. The molecule has 3 N–H and O–H groups in total. The summed E-state index contributed by atoms with van der Waals surface area (Å²) in [7, 11) is 0. The molecular weight excluding hydrogens is 552 g/mol. The Hall–Kier alpha value is -3.88. The zero-order valence-electron chi connectivity index (χ0n) is 19.9. The third-order valence-corrected chi connectivity index (χ3v) is 7.39. The fourth-order valence-corrected chi connectivity index (χ4v) is 5.69. The summed E-state index contributed by atoms with van der Waals surface area (Å²) in [5.41, 5.74) is 3.19. The van der Waals surface area contributed by atoms with Crippen molar-refractivity contribution in [2.75, 3.05) is 5.32 Å². The highest BCUT2D eigenvalue weighted by Gasteiger charge is 2.40. The summed E-state index contributed by atoms with van der Waals surface area (Å²) in [6, 6.07) is 3.55. The zero-order chi connectivity index (χ0) is 28.1. The average molecular weight is 572 g/mol. The van der Waals surface area contributed by atoms with Gasteiger partial charge in [0.15, 0.2) is 5.69 Å². The second-order valence-electron chi connectivity index (χ2n) is 8.92. The average Bonchev–Trinajstić information content (AvgIpc) is 3.53. The molecule has 15 heteroatoms. The molecule has 0 bridgehead atoms. The van der Waals surface area contributed by atoms with Crippen LogP contribution in [0.4, 0.5) is 32.0 Å². The van der Waals surface area contributed by atoms with Crippen LogP contribution in [0.2, 0.25) is 0 Å². The van der Waals surface area contributed by atoms with E-state index in [4.69, 9.17) is 10.2 Å². The minimum Gasteiger partial charge on any atom is -0.464 e. The van der Waals surface area contributed by atoms with Crippen molar-refractivity contribution in [3.8, 4) is 11.3 Å². The lowest BCUT2D eigenvalue weighted by molar-refractivity contribution is -0.142. The maximum Gasteiger partial charge on any atom is 0.435 e. The van der Waals surface area contributed by atoms with Crippen LogP contribution in [0.25, 0.3) is 21.5 Å². The number of carbonyl (C=O) groups excluding carboxylic acids is 2. The Morgan fingerprint density at radius 3 is 2.49 bits per heavy atom. The molecule has 8 nitrogen and oxygen atoms in total. The van der Waals surface area contributed by atoms with Crippen LogP contribution in [0, 0.1) is 0 Å². The molecule has 0 saturated carbocycles. The summed E-state index contributed by atoms with van der Waals surface area (Å²) in [5, 5.41) is 6.11. The first-order valence-electron chi connectivity index (χ1n) is 11.7. The van der Waals surface area contributed by atoms with Crippen molar-refractivity contribution < 1.29 is 40.3 Å². The van der Waals surface area contributed by atoms with Gasteiger partial charge in [0, 0.05) is 22.2 Å². The van der Waals surface area contributed by atoms with Crippen LogP contribution in [0.3, 0.4) is 0 Å². The van der Waals surface area contributed by atoms with Gasteiger partial charge in [0.2, 0.25) is 5.91 Å². The molecule has 0 unspecified atom stereocenters. The number of furan rings is 1. The van der Waals surface area contributed by atoms with E-state index in [-0.39, 0.29) is 44.1 Å². The van der Waals surface area contributed by atoms with Crippen LogP contribution in [0.1, 0.15) is 51.6 Å². The number of alkyl halides is 6. The highest BCUT2D eigenvalue weighted by atomic mass is 32.1. The van der Waals surface area contributed by atoms with Crippen LogP contribution >= 0.6 is 11.3 Å². The number of aromatic nitrogens is 3. The van der Waals surface area contributed by atoms with Gasteiger partial charge in [0.05, 0.1) is 12.0 Å². The molecule has 0 atom stereocenters. The third kappa shape index (κ3) is 5.10. The number of nitrogens with two attached hydrogens (primary N) is 1. The molecule has 206 valence electrons. The molecular formula is C24H19F6N5O3S. The van der Waals surface area contributed by atoms with Crippen LogP contribution in [-0.4, -0.2) is 26.6 Å². The SMILES string of the molecule is NC(=O)c1sc2nc(C(F)(F)F)cc(-c3ccco3)c2c1NC(=O)Cn1nc(C(F)(F)F)c2c1CCCCC2. The smallest absolute Gasteiger partial charge is 0.435 e. The van der Waals surface area contributed by atoms with Crippen molar-refractivity contribution in [1.29, 1.82) is 0 Å². The van der Waals surface area contributed by atoms with Gasteiger partial charge in [-0.05, 0) is 43.9 Å². The highest BCUT2D eigenvalue weighted by molar-refractivity contribution is 7.21. The van der Waals surface area contributed by atoms with E-state index in [0.29, 0.717) is 36.3 Å². The fourth-order valence-electron chi connectivity index (χ4n) is 4.68. The minimum atomic E-state index is -4.83. The number of nitrogens with one attached hydrogen (secondary N) is 1. The van der Waals surface area contributed by atoms with E-state index >= 15 is 0 Å². The van der Waals surface area contributed by atoms with E-state index in [1.807, 2.05) is 0 Å². The van der Waals surface area contributed by atoms with E-state index in [9.17, 15) is 35.9 Å². The number of anilines is 1. The molecule has 0 saturated heterocycles. The van der Waals surface area contributed by atoms with Gasteiger partial charge >= 0.3 is 12.4 Å². The zero-order valence-corrected chi connectivity index (χ0v) is 20.7. The largest absolute Gasteiger partial charge is 0.464 e. The van der Waals surface area contributed by atoms with Crippen molar-refractivity contribution in [3.05, 3.63) is 52.0 Å². The van der Waals surface area contributed by atoms with Gasteiger partial charge in [-0.3, -0.25) is 14.3 Å². The van der Waals surface area contributed by atoms with Crippen LogP contribution < -0.4 is 11.1 Å². The number of carbonyl (C=O) groups is 2. The second kappa shape index (κ2) is 9.70. The molecule has 0 aromatic carbocycles. The lowest BCUT2D eigenvalue weighted by Crippen LogP contribution is -2.23. The van der Waals surface area contributed by atoms with E-state index in [0.717, 1.165) is 17.2 Å². The Morgan fingerprint density at radius 1 is 1.10 bits per heavy atom. The Labute approximate surface area is 219 Å². The topological polar surface area (TPSA) is 116 Å². The molecule has 2 amide bonds. The summed E-state index contributed by atoms with van der Waals surface area (Å²) in [5.74, 6) is -1.89. The molecule has 0 spiro atoms. The molecule has 1 aliphatic rings. The number of fused-ring (bicyclic) bond motifs is 2. The number of hydrogen-bond donors (Lipinski definition) is 2. The lowest BCUT2D eigenvalue weighted by Gasteiger charge is -2.12. The Balaban J connectivity index is 1.59. The first kappa shape index (κ1) is 26.7. The lowest BCUT2D eigenvalue weighted by atomic mass is 10.1. The fraction of sp³-hybridized carbons (Fsp3) is 0.333. The van der Waals surface area contributed by atoms with Crippen molar-refractivity contribution in [1.82, 2.24) is 14.8 Å². The number of thiophene rings is 1. The van der Waals surface area contributed by atoms with Gasteiger partial charge in [0.25, 0.3) is 5.91 Å². The predicted octanol–water partition coefficient (Wildman–Crippen LogP) is 5.80. The number of pyridine rings is 1. The van der Waals surface area contributed by atoms with Gasteiger partial charge in [-0.2, -0.15) is 31.4 Å². The molecule has 4 aromatic rings. The normalized spacial score (nSPS) is 14.3. The van der Waals surface area contributed by atoms with E-state index in [1.54, 1.807) is 0 Å². The third-order valence-electron chi connectivity index (χ3n) is 6.30. The first-order chi connectivity index (χ1) is 18.3. The van der Waals surface area contributed by atoms with Crippen molar-refractivity contribution >= 4 is 39.1 Å². The summed E-state index contributed by atoms with van der Waals surface area (Å²) < 4.78 is 87.9. The van der Waals surface area contributed by atoms with Gasteiger partial charge in [0.1, 0.15) is 27.7 Å². The van der Waals surface area contributed by atoms with Gasteiger partial charge < -0.3 is 15.5 Å². The van der Waals surface area contributed by atoms with Gasteiger partial charge in [-0.15, -0.1) is 11.3 Å². The van der Waals surface area contributed by atoms with Gasteiger partial charge in [-0.1, -0.05) is 6.42 Å². The Kier molecular flexibility index (Phi) is 6.64. The predicted molar refractivity (Wildman–Crippen MR) is 128 cm³/mol. The molecule has 4 aromatic heterocycles. The molecule has 0 fully saturated rings. The Morgan fingerprint density at radius 2 is 1.85 bits per heavy atom. The maximum absolute atomic E-state index is 13.7. The summed E-state index contributed by atoms with van der Waals surface area (Å²) in [4.78, 5) is 28.4. The van der Waals surface area contributed by atoms with Crippen LogP contribution in [0.5, 0.6) is 0 Å². The van der Waals surface area contributed by atoms with Crippen molar-refractivity contribution in [3.63, 3.8) is 0 Å². The number of nitrogens with zero attached hydrogens (tertiary/aromatic N) is 3. The maximum atomic E-state index is 13.7. The minimum absolute atomic E-state index is 0.00411.